The van der Waals surface area contributed by atoms with Crippen LogP contribution in [0.5, 0.6) is 0 Å². The van der Waals surface area contributed by atoms with Crippen LogP contribution in [0, 0.1) is 5.92 Å². The lowest BCUT2D eigenvalue weighted by atomic mass is 10.2. The molecule has 1 saturated heterocycles. The van der Waals surface area contributed by atoms with Gasteiger partial charge in [-0.1, -0.05) is 0 Å². The highest BCUT2D eigenvalue weighted by molar-refractivity contribution is 5.76. The molecule has 0 bridgehead atoms. The van der Waals surface area contributed by atoms with Crippen LogP contribution in [0.1, 0.15) is 12.8 Å². The maximum atomic E-state index is 10.9. The Labute approximate surface area is 59.7 Å². The molecule has 3 atom stereocenters. The van der Waals surface area contributed by atoms with Crippen LogP contribution in [0.4, 0.5) is 0 Å². The number of ether oxygens (including phenoxy) is 1. The Morgan fingerprint density at radius 3 is 2.90 bits per heavy atom. The lowest BCUT2D eigenvalue weighted by Gasteiger charge is -2.08. The number of piperidine rings is 1. The van der Waals surface area contributed by atoms with Gasteiger partial charge >= 0.3 is 5.97 Å². The molecule has 3 heteroatoms. The van der Waals surface area contributed by atoms with Crippen molar-refractivity contribution in [3.63, 3.8) is 0 Å². The van der Waals surface area contributed by atoms with Crippen LogP contribution in [0.15, 0.2) is 0 Å². The molecule has 3 nitrogen and oxygen atoms in total. The second-order valence-corrected chi connectivity index (χ2v) is 3.08. The first-order valence-corrected chi connectivity index (χ1v) is 3.65. The summed E-state index contributed by atoms with van der Waals surface area (Å²) in [6.45, 7) is 0. The molecule has 0 spiro atoms. The zero-order valence-electron chi connectivity index (χ0n) is 5.96. The van der Waals surface area contributed by atoms with Crippen LogP contribution >= 0.6 is 0 Å². The number of carbonyl (C=O) groups is 1. The molecule has 2 aliphatic rings. The molecule has 10 heavy (non-hydrogen) atoms. The lowest BCUT2D eigenvalue weighted by molar-refractivity contribution is -0.142. The van der Waals surface area contributed by atoms with Crippen LogP contribution in [-0.4, -0.2) is 25.2 Å². The molecule has 1 aliphatic heterocycles. The van der Waals surface area contributed by atoms with Gasteiger partial charge in [-0.15, -0.1) is 0 Å². The number of methoxy groups -OCH3 is 1. The van der Waals surface area contributed by atoms with Gasteiger partial charge in [0.25, 0.3) is 0 Å². The predicted molar refractivity (Wildman–Crippen MR) is 35.5 cm³/mol. The summed E-state index contributed by atoms with van der Waals surface area (Å²) < 4.78 is 4.60. The highest BCUT2D eigenvalue weighted by Gasteiger charge is 2.48. The van der Waals surface area contributed by atoms with Crippen molar-refractivity contribution in [3.05, 3.63) is 0 Å². The molecule has 0 aromatic carbocycles. The van der Waals surface area contributed by atoms with Crippen molar-refractivity contribution < 1.29 is 9.53 Å². The summed E-state index contributed by atoms with van der Waals surface area (Å²) in [6.07, 6.45) is 2.24. The van der Waals surface area contributed by atoms with Gasteiger partial charge in [-0.2, -0.15) is 0 Å². The quantitative estimate of drug-likeness (QED) is 0.519. The Kier molecular flexibility index (Phi) is 1.20. The number of hydrogen-bond acceptors (Lipinski definition) is 3. The fourth-order valence-electron chi connectivity index (χ4n) is 1.65. The summed E-state index contributed by atoms with van der Waals surface area (Å²) in [4.78, 5) is 10.9. The van der Waals surface area contributed by atoms with Gasteiger partial charge in [-0.05, 0) is 18.8 Å². The van der Waals surface area contributed by atoms with E-state index >= 15 is 0 Å². The van der Waals surface area contributed by atoms with Gasteiger partial charge in [0.05, 0.1) is 7.11 Å². The van der Waals surface area contributed by atoms with Crippen molar-refractivity contribution in [1.29, 1.82) is 0 Å². The second-order valence-electron chi connectivity index (χ2n) is 3.08. The SMILES string of the molecule is COC(=O)[C@@H]1C[C@H]2C[C@@H]2N1. The second kappa shape index (κ2) is 1.95. The zero-order valence-corrected chi connectivity index (χ0v) is 5.96. The van der Waals surface area contributed by atoms with Crippen LogP contribution in [-0.2, 0) is 9.53 Å². The van der Waals surface area contributed by atoms with Gasteiger partial charge in [-0.3, -0.25) is 4.79 Å². The largest absolute Gasteiger partial charge is 0.468 e. The first-order chi connectivity index (χ1) is 4.81. The normalized spacial score (nSPS) is 42.7. The molecule has 0 amide bonds. The number of fused-ring (bicyclic) bond motifs is 1. The maximum absolute atomic E-state index is 10.9. The molecule has 1 saturated carbocycles. The Hall–Kier alpha value is -0.570. The number of carbonyl (C=O) groups excluding carboxylic acids is 1. The summed E-state index contributed by atoms with van der Waals surface area (Å²) in [7, 11) is 1.44. The Morgan fingerprint density at radius 1 is 1.60 bits per heavy atom. The number of esters is 1. The van der Waals surface area contributed by atoms with Gasteiger partial charge < -0.3 is 10.1 Å². The van der Waals surface area contributed by atoms with Gasteiger partial charge in [-0.25, -0.2) is 0 Å². The van der Waals surface area contributed by atoms with E-state index in [0.29, 0.717) is 6.04 Å². The third-order valence-corrected chi connectivity index (χ3v) is 2.36. The van der Waals surface area contributed by atoms with Crippen LogP contribution in [0.2, 0.25) is 0 Å². The van der Waals surface area contributed by atoms with Crippen LogP contribution in [0.25, 0.3) is 0 Å². The highest BCUT2D eigenvalue weighted by Crippen LogP contribution is 2.40. The minimum atomic E-state index is -0.104. The smallest absolute Gasteiger partial charge is 0.322 e. The van der Waals surface area contributed by atoms with E-state index in [1.54, 1.807) is 0 Å². The van der Waals surface area contributed by atoms with E-state index < -0.39 is 0 Å². The summed E-state index contributed by atoms with van der Waals surface area (Å²) >= 11 is 0. The Morgan fingerprint density at radius 2 is 2.40 bits per heavy atom. The van der Waals surface area contributed by atoms with E-state index in [9.17, 15) is 4.79 Å². The average Bonchev–Trinajstić information content (AvgIpc) is 2.57. The molecule has 1 aliphatic carbocycles. The molecule has 0 radical (unpaired) electrons. The molecular weight excluding hydrogens is 130 g/mol. The monoisotopic (exact) mass is 141 g/mol. The first kappa shape index (κ1) is 6.16. The molecule has 2 fully saturated rings. The summed E-state index contributed by atoms with van der Waals surface area (Å²) in [6, 6.07) is 0.623. The molecule has 1 heterocycles. The van der Waals surface area contributed by atoms with Gasteiger partial charge in [0, 0.05) is 6.04 Å². The van der Waals surface area contributed by atoms with Crippen LogP contribution in [0.3, 0.4) is 0 Å². The molecule has 0 unspecified atom stereocenters. The van der Waals surface area contributed by atoms with Gasteiger partial charge in [0.1, 0.15) is 6.04 Å². The van der Waals surface area contributed by atoms with Crippen molar-refractivity contribution in [2.45, 2.75) is 24.9 Å². The molecule has 1 N–H and O–H groups in total. The molecule has 0 aromatic heterocycles. The highest BCUT2D eigenvalue weighted by atomic mass is 16.5. The topological polar surface area (TPSA) is 38.3 Å². The molecule has 0 aromatic rings. The van der Waals surface area contributed by atoms with Gasteiger partial charge in [0.2, 0.25) is 0 Å². The number of hydrogen-bond donors (Lipinski definition) is 1. The summed E-state index contributed by atoms with van der Waals surface area (Å²) in [5.41, 5.74) is 0. The average molecular weight is 141 g/mol. The fraction of sp³-hybridized carbons (Fsp3) is 0.857. The van der Waals surface area contributed by atoms with E-state index in [-0.39, 0.29) is 12.0 Å². The minimum absolute atomic E-state index is 0.00579. The van der Waals surface area contributed by atoms with Crippen molar-refractivity contribution in [2.24, 2.45) is 5.92 Å². The van der Waals surface area contributed by atoms with Crippen molar-refractivity contribution >= 4 is 5.97 Å². The van der Waals surface area contributed by atoms with Crippen LogP contribution < -0.4 is 5.32 Å². The third-order valence-electron chi connectivity index (χ3n) is 2.36. The minimum Gasteiger partial charge on any atom is -0.468 e. The summed E-state index contributed by atoms with van der Waals surface area (Å²) in [5.74, 6) is 0.663. The molecule has 56 valence electrons. The zero-order chi connectivity index (χ0) is 7.14. The predicted octanol–water partition coefficient (Wildman–Crippen LogP) is -0.0902. The van der Waals surface area contributed by atoms with E-state index in [1.807, 2.05) is 0 Å². The van der Waals surface area contributed by atoms with E-state index in [0.717, 1.165) is 12.3 Å². The Bertz CT molecular complexity index is 159. The number of nitrogens with one attached hydrogen (secondary N) is 1. The first-order valence-electron chi connectivity index (χ1n) is 3.65. The van der Waals surface area contributed by atoms with Gasteiger partial charge in [0.15, 0.2) is 0 Å². The van der Waals surface area contributed by atoms with Crippen molar-refractivity contribution in [3.8, 4) is 0 Å². The number of rotatable bonds is 1. The van der Waals surface area contributed by atoms with Crippen molar-refractivity contribution in [1.82, 2.24) is 5.32 Å². The van der Waals surface area contributed by atoms with E-state index in [2.05, 4.69) is 10.1 Å². The van der Waals surface area contributed by atoms with E-state index in [1.165, 1.54) is 13.5 Å². The van der Waals surface area contributed by atoms with Crippen molar-refractivity contribution in [2.75, 3.05) is 7.11 Å². The Balaban J connectivity index is 1.90. The maximum Gasteiger partial charge on any atom is 0.322 e. The fourth-order valence-corrected chi connectivity index (χ4v) is 1.65. The third kappa shape index (κ3) is 0.814. The molecule has 2 rings (SSSR count). The van der Waals surface area contributed by atoms with E-state index in [4.69, 9.17) is 0 Å². The standard InChI is InChI=1S/C7H11NO2/c1-10-7(9)6-3-4-2-5(4)8-6/h4-6,8H,2-3H2,1H3/t4-,5+,6+/m1/s1. The summed E-state index contributed by atoms with van der Waals surface area (Å²) in [5, 5.41) is 3.20. The molecular formula is C7H11NO2. The lowest BCUT2D eigenvalue weighted by Crippen LogP contribution is -2.34.